The quantitative estimate of drug-likeness (QED) is 0.491. The smallest absolute Gasteiger partial charge is 0.159 e. The standard InChI is InChI=1S/C24H22N4S/c25-20-8-6-18(7-9-20)24-26-14-19-12-13-28(16-22(19)27-24)15-21-10-11-23(29-21)17-4-2-1-3-5-17/h1-11,14H,12-13,15-16,25H2. The van der Waals surface area contributed by atoms with Crippen LogP contribution < -0.4 is 5.73 Å². The maximum absolute atomic E-state index is 5.80. The van der Waals surface area contributed by atoms with Crippen LogP contribution in [0.3, 0.4) is 0 Å². The van der Waals surface area contributed by atoms with Crippen LogP contribution in [0.25, 0.3) is 21.8 Å². The lowest BCUT2D eigenvalue weighted by molar-refractivity contribution is 0.243. The van der Waals surface area contributed by atoms with Gasteiger partial charge in [-0.2, -0.15) is 0 Å². The number of fused-ring (bicyclic) bond motifs is 1. The van der Waals surface area contributed by atoms with E-state index in [2.05, 4.69) is 52.3 Å². The van der Waals surface area contributed by atoms with Gasteiger partial charge >= 0.3 is 0 Å². The maximum atomic E-state index is 5.80. The van der Waals surface area contributed by atoms with Crippen molar-refractivity contribution < 1.29 is 0 Å². The first kappa shape index (κ1) is 18.0. The van der Waals surface area contributed by atoms with Crippen molar-refractivity contribution in [1.82, 2.24) is 14.9 Å². The molecule has 0 saturated heterocycles. The first-order valence-electron chi connectivity index (χ1n) is 9.82. The van der Waals surface area contributed by atoms with Crippen molar-refractivity contribution in [2.75, 3.05) is 12.3 Å². The highest BCUT2D eigenvalue weighted by molar-refractivity contribution is 7.15. The van der Waals surface area contributed by atoms with E-state index in [9.17, 15) is 0 Å². The molecule has 0 aliphatic carbocycles. The molecule has 29 heavy (non-hydrogen) atoms. The normalized spacial score (nSPS) is 13.9. The number of anilines is 1. The molecule has 0 atom stereocenters. The highest BCUT2D eigenvalue weighted by Gasteiger charge is 2.19. The number of thiophene rings is 1. The second-order valence-electron chi connectivity index (χ2n) is 7.38. The average molecular weight is 399 g/mol. The van der Waals surface area contributed by atoms with E-state index in [4.69, 9.17) is 10.7 Å². The van der Waals surface area contributed by atoms with E-state index in [0.29, 0.717) is 0 Å². The molecule has 144 valence electrons. The number of nitrogens with zero attached hydrogens (tertiary/aromatic N) is 3. The predicted octanol–water partition coefficient (Wildman–Crippen LogP) is 5.01. The SMILES string of the molecule is Nc1ccc(-c2ncc3c(n2)CN(Cc2ccc(-c4ccccc4)s2)CC3)cc1. The summed E-state index contributed by atoms with van der Waals surface area (Å²) in [6.45, 7) is 2.85. The zero-order chi connectivity index (χ0) is 19.6. The van der Waals surface area contributed by atoms with Gasteiger partial charge in [0.1, 0.15) is 0 Å². The van der Waals surface area contributed by atoms with Gasteiger partial charge in [-0.25, -0.2) is 9.97 Å². The van der Waals surface area contributed by atoms with Gasteiger partial charge < -0.3 is 5.73 Å². The van der Waals surface area contributed by atoms with Crippen LogP contribution in [0.5, 0.6) is 0 Å². The largest absolute Gasteiger partial charge is 0.399 e. The molecule has 4 aromatic rings. The van der Waals surface area contributed by atoms with E-state index in [-0.39, 0.29) is 0 Å². The number of benzene rings is 2. The zero-order valence-electron chi connectivity index (χ0n) is 16.1. The second kappa shape index (κ2) is 7.78. The number of rotatable bonds is 4. The summed E-state index contributed by atoms with van der Waals surface area (Å²) in [7, 11) is 0. The topological polar surface area (TPSA) is 55.0 Å². The van der Waals surface area contributed by atoms with Crippen molar-refractivity contribution in [1.29, 1.82) is 0 Å². The highest BCUT2D eigenvalue weighted by Crippen LogP contribution is 2.30. The molecule has 3 heterocycles. The first-order chi connectivity index (χ1) is 14.2. The van der Waals surface area contributed by atoms with Crippen molar-refractivity contribution in [2.45, 2.75) is 19.5 Å². The number of nitrogens with two attached hydrogens (primary N) is 1. The number of nitrogen functional groups attached to an aromatic ring is 1. The van der Waals surface area contributed by atoms with Crippen LogP contribution in [0.2, 0.25) is 0 Å². The van der Waals surface area contributed by atoms with E-state index in [1.165, 1.54) is 20.9 Å². The Balaban J connectivity index is 1.32. The Hall–Kier alpha value is -3.02. The van der Waals surface area contributed by atoms with Crippen molar-refractivity contribution in [3.63, 3.8) is 0 Å². The van der Waals surface area contributed by atoms with Gasteiger partial charge in [0.15, 0.2) is 5.82 Å². The van der Waals surface area contributed by atoms with Crippen molar-refractivity contribution in [3.05, 3.63) is 89.1 Å². The summed E-state index contributed by atoms with van der Waals surface area (Å²) in [6.07, 6.45) is 2.98. The van der Waals surface area contributed by atoms with Gasteiger partial charge in [0.2, 0.25) is 0 Å². The van der Waals surface area contributed by atoms with Gasteiger partial charge in [-0.1, -0.05) is 30.3 Å². The number of hydrogen-bond acceptors (Lipinski definition) is 5. The van der Waals surface area contributed by atoms with Gasteiger partial charge in [0, 0.05) is 46.8 Å². The minimum Gasteiger partial charge on any atom is -0.399 e. The highest BCUT2D eigenvalue weighted by atomic mass is 32.1. The fourth-order valence-corrected chi connectivity index (χ4v) is 4.76. The third-order valence-corrected chi connectivity index (χ3v) is 6.41. The predicted molar refractivity (Wildman–Crippen MR) is 119 cm³/mol. The van der Waals surface area contributed by atoms with Crippen LogP contribution in [0.1, 0.15) is 16.1 Å². The van der Waals surface area contributed by atoms with Crippen molar-refractivity contribution in [3.8, 4) is 21.8 Å². The van der Waals surface area contributed by atoms with E-state index in [1.54, 1.807) is 0 Å². The Labute approximate surface area is 174 Å². The summed E-state index contributed by atoms with van der Waals surface area (Å²) in [6, 6.07) is 22.8. The van der Waals surface area contributed by atoms with Crippen molar-refractivity contribution >= 4 is 17.0 Å². The van der Waals surface area contributed by atoms with Gasteiger partial charge in [-0.05, 0) is 53.9 Å². The molecule has 2 aromatic carbocycles. The summed E-state index contributed by atoms with van der Waals surface area (Å²) in [5, 5.41) is 0. The fourth-order valence-electron chi connectivity index (χ4n) is 3.70. The molecule has 0 unspecified atom stereocenters. The Kier molecular flexibility index (Phi) is 4.84. The fraction of sp³-hybridized carbons (Fsp3) is 0.167. The lowest BCUT2D eigenvalue weighted by atomic mass is 10.1. The van der Waals surface area contributed by atoms with Gasteiger partial charge in [-0.15, -0.1) is 11.3 Å². The molecule has 4 nitrogen and oxygen atoms in total. The molecule has 0 saturated carbocycles. The Morgan fingerprint density at radius 1 is 0.931 bits per heavy atom. The van der Waals surface area contributed by atoms with Crippen LogP contribution in [-0.2, 0) is 19.5 Å². The first-order valence-corrected chi connectivity index (χ1v) is 10.6. The minimum absolute atomic E-state index is 0.753. The van der Waals surface area contributed by atoms with Crippen LogP contribution in [0.15, 0.2) is 72.9 Å². The lowest BCUT2D eigenvalue weighted by Gasteiger charge is -2.27. The summed E-state index contributed by atoms with van der Waals surface area (Å²) in [5.74, 6) is 0.771. The molecule has 0 spiro atoms. The Bertz CT molecular complexity index is 1120. The molecule has 5 heteroatoms. The lowest BCUT2D eigenvalue weighted by Crippen LogP contribution is -2.30. The number of hydrogen-bond donors (Lipinski definition) is 1. The molecular weight excluding hydrogens is 376 g/mol. The van der Waals surface area contributed by atoms with Crippen LogP contribution in [0.4, 0.5) is 5.69 Å². The Morgan fingerprint density at radius 2 is 1.76 bits per heavy atom. The third-order valence-electron chi connectivity index (χ3n) is 5.29. The zero-order valence-corrected chi connectivity index (χ0v) is 16.9. The molecule has 5 rings (SSSR count). The van der Waals surface area contributed by atoms with Crippen LogP contribution >= 0.6 is 11.3 Å². The molecule has 0 fully saturated rings. The summed E-state index contributed by atoms with van der Waals surface area (Å²) < 4.78 is 0. The molecule has 0 radical (unpaired) electrons. The Morgan fingerprint density at radius 3 is 2.59 bits per heavy atom. The minimum atomic E-state index is 0.753. The van der Waals surface area contributed by atoms with Crippen LogP contribution in [0, 0.1) is 0 Å². The average Bonchev–Trinajstić information content (AvgIpc) is 3.23. The number of aromatic nitrogens is 2. The van der Waals surface area contributed by atoms with Crippen molar-refractivity contribution in [2.24, 2.45) is 0 Å². The van der Waals surface area contributed by atoms with Gasteiger partial charge in [0.05, 0.1) is 5.69 Å². The van der Waals surface area contributed by atoms with E-state index >= 15 is 0 Å². The molecule has 0 amide bonds. The molecule has 1 aliphatic heterocycles. The molecular formula is C24H22N4S. The molecule has 1 aliphatic rings. The second-order valence-corrected chi connectivity index (χ2v) is 8.55. The van der Waals surface area contributed by atoms with Gasteiger partial charge in [-0.3, -0.25) is 4.90 Å². The molecule has 0 bridgehead atoms. The van der Waals surface area contributed by atoms with E-state index in [0.717, 1.165) is 48.8 Å². The van der Waals surface area contributed by atoms with E-state index < -0.39 is 0 Å². The maximum Gasteiger partial charge on any atom is 0.159 e. The van der Waals surface area contributed by atoms with E-state index in [1.807, 2.05) is 41.8 Å². The molecule has 2 N–H and O–H groups in total. The molecule has 2 aromatic heterocycles. The third kappa shape index (κ3) is 3.92. The monoisotopic (exact) mass is 398 g/mol. The summed E-state index contributed by atoms with van der Waals surface area (Å²) in [5.41, 5.74) is 11.2. The summed E-state index contributed by atoms with van der Waals surface area (Å²) >= 11 is 1.88. The summed E-state index contributed by atoms with van der Waals surface area (Å²) in [4.78, 5) is 14.6. The van der Waals surface area contributed by atoms with Crippen LogP contribution in [-0.4, -0.2) is 21.4 Å². The van der Waals surface area contributed by atoms with Gasteiger partial charge in [0.25, 0.3) is 0 Å².